The molecule has 3 aliphatic rings. The van der Waals surface area contributed by atoms with Gasteiger partial charge >= 0.3 is 5.97 Å². The Hall–Kier alpha value is -3.00. The summed E-state index contributed by atoms with van der Waals surface area (Å²) in [5, 5.41) is 0. The predicted molar refractivity (Wildman–Crippen MR) is 125 cm³/mol. The maximum Gasteiger partial charge on any atom is 0.338 e. The van der Waals surface area contributed by atoms with Gasteiger partial charge in [0.1, 0.15) is 12.4 Å². The van der Waals surface area contributed by atoms with Crippen molar-refractivity contribution in [1.82, 2.24) is 14.9 Å². The number of rotatable bonds is 5. The maximum absolute atomic E-state index is 13.4. The van der Waals surface area contributed by atoms with Crippen molar-refractivity contribution in [2.75, 3.05) is 50.1 Å². The van der Waals surface area contributed by atoms with Gasteiger partial charge in [-0.1, -0.05) is 6.07 Å². The van der Waals surface area contributed by atoms with Crippen LogP contribution in [0.4, 0.5) is 11.8 Å². The summed E-state index contributed by atoms with van der Waals surface area (Å²) in [6, 6.07) is 5.80. The zero-order chi connectivity index (χ0) is 23.2. The molecular formula is C25H31N5O3. The summed E-state index contributed by atoms with van der Waals surface area (Å²) in [5.41, 5.74) is 3.93. The molecule has 4 heterocycles. The normalized spacial score (nSPS) is 19.8. The molecule has 1 aromatic carbocycles. The number of carbonyl (C=O) groups excluding carboxylic acids is 2. The van der Waals surface area contributed by atoms with Gasteiger partial charge in [-0.3, -0.25) is 9.69 Å². The van der Waals surface area contributed by atoms with Crippen LogP contribution in [0, 0.1) is 12.3 Å². The Morgan fingerprint density at radius 2 is 1.85 bits per heavy atom. The molecule has 0 atom stereocenters. The Morgan fingerprint density at radius 3 is 2.61 bits per heavy atom. The first-order chi connectivity index (χ1) is 15.9. The fourth-order valence-corrected chi connectivity index (χ4v) is 5.36. The molecule has 0 bridgehead atoms. The summed E-state index contributed by atoms with van der Waals surface area (Å²) in [6.07, 6.45) is 5.33. The van der Waals surface area contributed by atoms with Gasteiger partial charge in [-0.05, 0) is 69.0 Å². The van der Waals surface area contributed by atoms with Crippen LogP contribution in [0.5, 0.6) is 0 Å². The topological polar surface area (TPSA) is 78.9 Å². The Bertz CT molecular complexity index is 1090. The zero-order valence-corrected chi connectivity index (χ0v) is 19.6. The van der Waals surface area contributed by atoms with Crippen molar-refractivity contribution >= 4 is 23.6 Å². The molecular weight excluding hydrogens is 418 g/mol. The van der Waals surface area contributed by atoms with Gasteiger partial charge < -0.3 is 14.5 Å². The lowest BCUT2D eigenvalue weighted by Crippen LogP contribution is -2.45. The highest BCUT2D eigenvalue weighted by molar-refractivity contribution is 5.99. The molecule has 174 valence electrons. The molecule has 8 nitrogen and oxygen atoms in total. The van der Waals surface area contributed by atoms with Crippen molar-refractivity contribution in [3.05, 3.63) is 46.6 Å². The van der Waals surface area contributed by atoms with Gasteiger partial charge in [0.2, 0.25) is 11.9 Å². The SMILES string of the molecule is Cc1c(CCN2CCC3(CC2)CCN(c2ccnc(N(C)C)n2)C3=O)ccc2c1COC2=O. The molecule has 0 radical (unpaired) electrons. The smallest absolute Gasteiger partial charge is 0.338 e. The quantitative estimate of drug-likeness (QED) is 0.649. The second-order valence-corrected chi connectivity index (χ2v) is 9.64. The maximum atomic E-state index is 13.4. The van der Waals surface area contributed by atoms with Gasteiger partial charge in [-0.2, -0.15) is 4.98 Å². The first-order valence-corrected chi connectivity index (χ1v) is 11.7. The second kappa shape index (κ2) is 8.41. The van der Waals surface area contributed by atoms with E-state index in [9.17, 15) is 9.59 Å². The number of esters is 1. The fourth-order valence-electron chi connectivity index (χ4n) is 5.36. The molecule has 1 amide bonds. The Labute approximate surface area is 194 Å². The molecule has 5 rings (SSSR count). The van der Waals surface area contributed by atoms with Crippen LogP contribution in [-0.2, 0) is 22.6 Å². The molecule has 2 saturated heterocycles. The van der Waals surface area contributed by atoms with E-state index in [4.69, 9.17) is 4.74 Å². The highest BCUT2D eigenvalue weighted by Gasteiger charge is 2.48. The number of fused-ring (bicyclic) bond motifs is 1. The van der Waals surface area contributed by atoms with E-state index < -0.39 is 0 Å². The van der Waals surface area contributed by atoms with Crippen LogP contribution in [0.3, 0.4) is 0 Å². The minimum Gasteiger partial charge on any atom is -0.457 e. The standard InChI is InChI=1S/C25H31N5O3/c1-17-18(4-5-19-20(17)16-33-22(19)31)7-12-29-13-8-25(9-14-29)10-15-30(23(25)32)21-6-11-26-24(27-21)28(2)3/h4-6,11H,7-10,12-16H2,1-3H3. The van der Waals surface area contributed by atoms with Gasteiger partial charge in [-0.25, -0.2) is 9.78 Å². The van der Waals surface area contributed by atoms with E-state index in [0.29, 0.717) is 23.9 Å². The summed E-state index contributed by atoms with van der Waals surface area (Å²) < 4.78 is 5.18. The Morgan fingerprint density at radius 1 is 1.09 bits per heavy atom. The van der Waals surface area contributed by atoms with Crippen LogP contribution in [0.25, 0.3) is 0 Å². The minimum absolute atomic E-state index is 0.212. The number of cyclic esters (lactones) is 1. The summed E-state index contributed by atoms with van der Waals surface area (Å²) in [4.78, 5) is 40.2. The van der Waals surface area contributed by atoms with Gasteiger partial charge in [-0.15, -0.1) is 0 Å². The highest BCUT2D eigenvalue weighted by atomic mass is 16.5. The number of piperidine rings is 1. The monoisotopic (exact) mass is 449 g/mol. The number of anilines is 2. The first kappa shape index (κ1) is 21.8. The number of carbonyl (C=O) groups is 2. The Kier molecular flexibility index (Phi) is 5.56. The molecule has 0 saturated carbocycles. The number of ether oxygens (including phenoxy) is 1. The average molecular weight is 450 g/mol. The molecule has 0 aliphatic carbocycles. The van der Waals surface area contributed by atoms with E-state index >= 15 is 0 Å². The minimum atomic E-state index is -0.263. The molecule has 2 aromatic rings. The third-order valence-corrected chi connectivity index (χ3v) is 7.61. The fraction of sp³-hybridized carbons (Fsp3) is 0.520. The van der Waals surface area contributed by atoms with Gasteiger partial charge in [0.05, 0.1) is 11.0 Å². The van der Waals surface area contributed by atoms with E-state index in [1.165, 1.54) is 11.1 Å². The summed E-state index contributed by atoms with van der Waals surface area (Å²) in [6.45, 7) is 6.01. The third kappa shape index (κ3) is 3.86. The lowest BCUT2D eigenvalue weighted by Gasteiger charge is -2.38. The molecule has 3 aliphatic heterocycles. The zero-order valence-electron chi connectivity index (χ0n) is 19.6. The number of nitrogens with zero attached hydrogens (tertiary/aromatic N) is 5. The van der Waals surface area contributed by atoms with E-state index in [1.54, 1.807) is 6.20 Å². The third-order valence-electron chi connectivity index (χ3n) is 7.61. The van der Waals surface area contributed by atoms with Gasteiger partial charge in [0, 0.05) is 38.9 Å². The molecule has 0 unspecified atom stereocenters. The van der Waals surface area contributed by atoms with Crippen molar-refractivity contribution in [3.8, 4) is 0 Å². The summed E-state index contributed by atoms with van der Waals surface area (Å²) >= 11 is 0. The van der Waals surface area contributed by atoms with Crippen LogP contribution in [0.2, 0.25) is 0 Å². The van der Waals surface area contributed by atoms with Crippen molar-refractivity contribution in [3.63, 3.8) is 0 Å². The van der Waals surface area contributed by atoms with E-state index in [1.807, 2.05) is 36.0 Å². The van der Waals surface area contributed by atoms with E-state index in [0.717, 1.165) is 57.4 Å². The predicted octanol–water partition coefficient (Wildman–Crippen LogP) is 2.58. The summed E-state index contributed by atoms with van der Waals surface area (Å²) in [7, 11) is 3.80. The second-order valence-electron chi connectivity index (χ2n) is 9.64. The number of amides is 1. The molecule has 33 heavy (non-hydrogen) atoms. The lowest BCUT2D eigenvalue weighted by atomic mass is 9.77. The van der Waals surface area contributed by atoms with Crippen LogP contribution in [0.15, 0.2) is 24.4 Å². The van der Waals surface area contributed by atoms with Crippen molar-refractivity contribution in [1.29, 1.82) is 0 Å². The first-order valence-electron chi connectivity index (χ1n) is 11.7. The largest absolute Gasteiger partial charge is 0.457 e. The number of hydrogen-bond acceptors (Lipinski definition) is 7. The molecule has 8 heteroatoms. The number of likely N-dealkylation sites (tertiary alicyclic amines) is 1. The average Bonchev–Trinajstić information content (AvgIpc) is 3.35. The number of benzene rings is 1. The van der Waals surface area contributed by atoms with Crippen LogP contribution < -0.4 is 9.80 Å². The Balaban J connectivity index is 1.20. The highest BCUT2D eigenvalue weighted by Crippen LogP contribution is 2.43. The van der Waals surface area contributed by atoms with Crippen molar-refractivity contribution < 1.29 is 14.3 Å². The van der Waals surface area contributed by atoms with Crippen molar-refractivity contribution in [2.45, 2.75) is 39.2 Å². The van der Waals surface area contributed by atoms with Gasteiger partial charge in [0.25, 0.3) is 0 Å². The number of hydrogen-bond donors (Lipinski definition) is 0. The number of aromatic nitrogens is 2. The summed E-state index contributed by atoms with van der Waals surface area (Å²) in [5.74, 6) is 1.32. The van der Waals surface area contributed by atoms with Crippen LogP contribution in [-0.4, -0.2) is 67.0 Å². The van der Waals surface area contributed by atoms with Crippen LogP contribution in [0.1, 0.15) is 46.3 Å². The van der Waals surface area contributed by atoms with E-state index in [2.05, 4.69) is 27.9 Å². The van der Waals surface area contributed by atoms with Gasteiger partial charge in [0.15, 0.2) is 0 Å². The molecule has 2 fully saturated rings. The van der Waals surface area contributed by atoms with Crippen molar-refractivity contribution in [2.24, 2.45) is 5.41 Å². The molecule has 1 aromatic heterocycles. The molecule has 0 N–H and O–H groups in total. The van der Waals surface area contributed by atoms with E-state index in [-0.39, 0.29) is 17.3 Å². The van der Waals surface area contributed by atoms with Crippen LogP contribution >= 0.6 is 0 Å². The molecule has 1 spiro atoms. The lowest BCUT2D eigenvalue weighted by molar-refractivity contribution is -0.128.